The number of aryl methyl sites for hydroxylation is 1. The summed E-state index contributed by atoms with van der Waals surface area (Å²) in [4.78, 5) is 0. The first-order valence-corrected chi connectivity index (χ1v) is 6.81. The van der Waals surface area contributed by atoms with Gasteiger partial charge in [0.15, 0.2) is 0 Å². The molecule has 0 N–H and O–H groups in total. The summed E-state index contributed by atoms with van der Waals surface area (Å²) in [6, 6.07) is 5.81. The number of alkyl halides is 3. The van der Waals surface area contributed by atoms with Gasteiger partial charge in [0.05, 0.1) is 5.69 Å². The highest BCUT2D eigenvalue weighted by Gasteiger charge is 2.31. The zero-order chi connectivity index (χ0) is 15.0. The van der Waals surface area contributed by atoms with E-state index in [-0.39, 0.29) is 5.75 Å². The predicted molar refractivity (Wildman–Crippen MR) is 71.8 cm³/mol. The highest BCUT2D eigenvalue weighted by Crippen LogP contribution is 2.32. The van der Waals surface area contributed by atoms with E-state index in [1.165, 1.54) is 25.0 Å². The SMILES string of the molecule is Cc1cn(CC2CC2)nc1-c1ccc(OC(F)(F)F)cc1. The number of halogens is 3. The fourth-order valence-electron chi connectivity index (χ4n) is 2.28. The van der Waals surface area contributed by atoms with Crippen molar-refractivity contribution in [3.05, 3.63) is 36.0 Å². The van der Waals surface area contributed by atoms with Crippen LogP contribution in [0.1, 0.15) is 18.4 Å². The summed E-state index contributed by atoms with van der Waals surface area (Å²) < 4.78 is 42.1. The van der Waals surface area contributed by atoms with Crippen molar-refractivity contribution in [3.63, 3.8) is 0 Å². The van der Waals surface area contributed by atoms with E-state index in [1.54, 1.807) is 12.1 Å². The minimum atomic E-state index is -4.66. The summed E-state index contributed by atoms with van der Waals surface area (Å²) in [6.45, 7) is 2.86. The maximum Gasteiger partial charge on any atom is 0.573 e. The van der Waals surface area contributed by atoms with Crippen molar-refractivity contribution in [1.82, 2.24) is 9.78 Å². The van der Waals surface area contributed by atoms with Crippen LogP contribution < -0.4 is 4.74 Å². The molecule has 3 nitrogen and oxygen atoms in total. The van der Waals surface area contributed by atoms with E-state index in [1.807, 2.05) is 17.8 Å². The van der Waals surface area contributed by atoms with Crippen molar-refractivity contribution in [1.29, 1.82) is 0 Å². The maximum absolute atomic E-state index is 12.1. The van der Waals surface area contributed by atoms with Crippen LogP contribution in [0.5, 0.6) is 5.75 Å². The van der Waals surface area contributed by atoms with Crippen molar-refractivity contribution in [2.24, 2.45) is 5.92 Å². The molecule has 0 spiro atoms. The molecule has 0 amide bonds. The number of benzene rings is 1. The Hall–Kier alpha value is -1.98. The summed E-state index contributed by atoms with van der Waals surface area (Å²) in [5.74, 6) is 0.501. The number of ether oxygens (including phenoxy) is 1. The van der Waals surface area contributed by atoms with E-state index in [4.69, 9.17) is 0 Å². The number of rotatable bonds is 4. The molecule has 1 aliphatic carbocycles. The average Bonchev–Trinajstić information content (AvgIpc) is 3.11. The molecule has 3 rings (SSSR count). The number of hydrogen-bond acceptors (Lipinski definition) is 2. The molecule has 2 aromatic rings. The molecule has 0 aliphatic heterocycles. The van der Waals surface area contributed by atoms with Gasteiger partial charge in [0, 0.05) is 18.3 Å². The average molecular weight is 296 g/mol. The zero-order valence-corrected chi connectivity index (χ0v) is 11.5. The van der Waals surface area contributed by atoms with Crippen LogP contribution in [0, 0.1) is 12.8 Å². The van der Waals surface area contributed by atoms with Gasteiger partial charge in [-0.15, -0.1) is 13.2 Å². The molecular formula is C15H15F3N2O. The van der Waals surface area contributed by atoms with Gasteiger partial charge in [0.25, 0.3) is 0 Å². The number of aromatic nitrogens is 2. The Morgan fingerprint density at radius 1 is 1.24 bits per heavy atom. The van der Waals surface area contributed by atoms with Gasteiger partial charge in [-0.05, 0) is 55.5 Å². The lowest BCUT2D eigenvalue weighted by Gasteiger charge is -2.08. The van der Waals surface area contributed by atoms with Crippen LogP contribution >= 0.6 is 0 Å². The molecule has 0 unspecified atom stereocenters. The summed E-state index contributed by atoms with van der Waals surface area (Å²) >= 11 is 0. The third kappa shape index (κ3) is 3.56. The molecule has 0 atom stereocenters. The fourth-order valence-corrected chi connectivity index (χ4v) is 2.28. The van der Waals surface area contributed by atoms with Crippen LogP contribution in [0.4, 0.5) is 13.2 Å². The lowest BCUT2D eigenvalue weighted by atomic mass is 10.1. The molecule has 1 heterocycles. The Labute approximate surface area is 120 Å². The Balaban J connectivity index is 1.78. The molecule has 1 aromatic heterocycles. The van der Waals surface area contributed by atoms with E-state index in [0.29, 0.717) is 0 Å². The van der Waals surface area contributed by atoms with Gasteiger partial charge in [-0.3, -0.25) is 4.68 Å². The van der Waals surface area contributed by atoms with Crippen molar-refractivity contribution in [2.45, 2.75) is 32.7 Å². The van der Waals surface area contributed by atoms with Crippen LogP contribution in [0.15, 0.2) is 30.5 Å². The quantitative estimate of drug-likeness (QED) is 0.846. The van der Waals surface area contributed by atoms with Crippen molar-refractivity contribution in [3.8, 4) is 17.0 Å². The fraction of sp³-hybridized carbons (Fsp3) is 0.400. The Morgan fingerprint density at radius 3 is 2.48 bits per heavy atom. The lowest BCUT2D eigenvalue weighted by Crippen LogP contribution is -2.16. The van der Waals surface area contributed by atoms with Crippen LogP contribution in [0.25, 0.3) is 11.3 Å². The summed E-state index contributed by atoms with van der Waals surface area (Å²) in [5.41, 5.74) is 2.60. The maximum atomic E-state index is 12.1. The van der Waals surface area contributed by atoms with Gasteiger partial charge in [0.2, 0.25) is 0 Å². The van der Waals surface area contributed by atoms with Gasteiger partial charge < -0.3 is 4.74 Å². The second-order valence-electron chi connectivity index (χ2n) is 5.40. The largest absolute Gasteiger partial charge is 0.573 e. The first kappa shape index (κ1) is 14.0. The Kier molecular flexibility index (Phi) is 3.39. The third-order valence-corrected chi connectivity index (χ3v) is 3.45. The van der Waals surface area contributed by atoms with Crippen LogP contribution in [0.2, 0.25) is 0 Å². The predicted octanol–water partition coefficient (Wildman–Crippen LogP) is 4.17. The van der Waals surface area contributed by atoms with Crippen LogP contribution in [0.3, 0.4) is 0 Å². The zero-order valence-electron chi connectivity index (χ0n) is 11.5. The Bertz CT molecular complexity index is 627. The van der Waals surface area contributed by atoms with Gasteiger partial charge >= 0.3 is 6.36 Å². The number of nitrogens with zero attached hydrogens (tertiary/aromatic N) is 2. The smallest absolute Gasteiger partial charge is 0.406 e. The third-order valence-electron chi connectivity index (χ3n) is 3.45. The van der Waals surface area contributed by atoms with Gasteiger partial charge in [-0.25, -0.2) is 0 Å². The summed E-state index contributed by atoms with van der Waals surface area (Å²) in [5, 5.41) is 4.52. The normalized spacial score (nSPS) is 15.2. The molecular weight excluding hydrogens is 281 g/mol. The van der Waals surface area contributed by atoms with E-state index >= 15 is 0 Å². The minimum Gasteiger partial charge on any atom is -0.406 e. The monoisotopic (exact) mass is 296 g/mol. The van der Waals surface area contributed by atoms with Crippen molar-refractivity contribution >= 4 is 0 Å². The van der Waals surface area contributed by atoms with Gasteiger partial charge in [0.1, 0.15) is 5.75 Å². The molecule has 112 valence electrons. The molecule has 0 saturated heterocycles. The van der Waals surface area contributed by atoms with E-state index in [9.17, 15) is 13.2 Å². The molecule has 1 aliphatic rings. The lowest BCUT2D eigenvalue weighted by molar-refractivity contribution is -0.274. The first-order chi connectivity index (χ1) is 9.90. The van der Waals surface area contributed by atoms with Crippen LogP contribution in [-0.2, 0) is 6.54 Å². The molecule has 1 fully saturated rings. The van der Waals surface area contributed by atoms with Crippen molar-refractivity contribution in [2.75, 3.05) is 0 Å². The molecule has 1 aromatic carbocycles. The highest BCUT2D eigenvalue weighted by atomic mass is 19.4. The molecule has 6 heteroatoms. The second-order valence-corrected chi connectivity index (χ2v) is 5.40. The number of hydrogen-bond donors (Lipinski definition) is 0. The topological polar surface area (TPSA) is 27.1 Å². The van der Waals surface area contributed by atoms with Crippen molar-refractivity contribution < 1.29 is 17.9 Å². The van der Waals surface area contributed by atoms with Gasteiger partial charge in [-0.2, -0.15) is 5.10 Å². The summed E-state index contributed by atoms with van der Waals surface area (Å²) in [6.07, 6.45) is -0.188. The minimum absolute atomic E-state index is 0.221. The highest BCUT2D eigenvalue weighted by molar-refractivity contribution is 5.63. The summed E-state index contributed by atoms with van der Waals surface area (Å²) in [7, 11) is 0. The van der Waals surface area contributed by atoms with E-state index in [0.717, 1.165) is 29.3 Å². The standard InChI is InChI=1S/C15H15F3N2O/c1-10-8-20(9-11-2-3-11)19-14(10)12-4-6-13(7-5-12)21-15(16,17)18/h4-8,11H,2-3,9H2,1H3. The molecule has 21 heavy (non-hydrogen) atoms. The van der Waals surface area contributed by atoms with E-state index in [2.05, 4.69) is 9.84 Å². The first-order valence-electron chi connectivity index (χ1n) is 6.81. The molecule has 1 saturated carbocycles. The second kappa shape index (κ2) is 5.09. The molecule has 0 radical (unpaired) electrons. The molecule has 0 bridgehead atoms. The Morgan fingerprint density at radius 2 is 1.90 bits per heavy atom. The van der Waals surface area contributed by atoms with Gasteiger partial charge in [-0.1, -0.05) is 0 Å². The van der Waals surface area contributed by atoms with E-state index < -0.39 is 6.36 Å². The van der Waals surface area contributed by atoms with Crippen LogP contribution in [-0.4, -0.2) is 16.1 Å².